The molecule has 1 unspecified atom stereocenters. The van der Waals surface area contributed by atoms with E-state index in [2.05, 4.69) is 35.2 Å². The van der Waals surface area contributed by atoms with Gasteiger partial charge in [0.15, 0.2) is 5.78 Å². The van der Waals surface area contributed by atoms with Gasteiger partial charge in [0.1, 0.15) is 5.75 Å². The number of ketones is 1. The van der Waals surface area contributed by atoms with Crippen molar-refractivity contribution in [3.8, 4) is 5.75 Å². The molecule has 2 aliphatic rings. The lowest BCUT2D eigenvalue weighted by Crippen LogP contribution is -2.24. The van der Waals surface area contributed by atoms with Gasteiger partial charge in [-0.2, -0.15) is 0 Å². The minimum atomic E-state index is 0.118. The molecule has 2 aliphatic heterocycles. The Bertz CT molecular complexity index is 796. The second-order valence-corrected chi connectivity index (χ2v) is 8.39. The Morgan fingerprint density at radius 2 is 2.12 bits per heavy atom. The van der Waals surface area contributed by atoms with E-state index in [-0.39, 0.29) is 5.78 Å². The van der Waals surface area contributed by atoms with E-state index in [0.29, 0.717) is 29.5 Å². The van der Waals surface area contributed by atoms with Gasteiger partial charge in [-0.3, -0.25) is 4.79 Å². The summed E-state index contributed by atoms with van der Waals surface area (Å²) in [6, 6.07) is 14.3. The van der Waals surface area contributed by atoms with Crippen molar-refractivity contribution in [2.45, 2.75) is 23.7 Å². The van der Waals surface area contributed by atoms with Crippen molar-refractivity contribution in [3.63, 3.8) is 0 Å². The van der Waals surface area contributed by atoms with Crippen LogP contribution in [0.2, 0.25) is 5.02 Å². The fourth-order valence-electron chi connectivity index (χ4n) is 3.71. The number of likely N-dealkylation sites (tertiary alicyclic amines) is 1. The average Bonchev–Trinajstić information content (AvgIpc) is 3.15. The Kier molecular flexibility index (Phi) is 5.53. The second kappa shape index (κ2) is 8.03. The molecule has 0 bridgehead atoms. The molecule has 0 amide bonds. The van der Waals surface area contributed by atoms with Crippen LogP contribution in [0.3, 0.4) is 0 Å². The number of halogens is 1. The summed E-state index contributed by atoms with van der Waals surface area (Å²) in [4.78, 5) is 16.1. The summed E-state index contributed by atoms with van der Waals surface area (Å²) in [5.41, 5.74) is 2.03. The normalized spacial score (nSPS) is 19.8. The van der Waals surface area contributed by atoms with Crippen LogP contribution in [0.15, 0.2) is 47.4 Å². The number of Topliss-reactive ketones (excluding diaryl/α,β-unsaturated/α-hetero) is 1. The van der Waals surface area contributed by atoms with E-state index in [1.165, 1.54) is 5.56 Å². The van der Waals surface area contributed by atoms with E-state index < -0.39 is 0 Å². The second-order valence-electron chi connectivity index (χ2n) is 6.85. The summed E-state index contributed by atoms with van der Waals surface area (Å²) in [5.74, 6) is 2.41. The van der Waals surface area contributed by atoms with Crippen LogP contribution < -0.4 is 4.74 Å². The van der Waals surface area contributed by atoms with Crippen LogP contribution in [0, 0.1) is 0 Å². The molecule has 2 aromatic rings. The molecule has 4 rings (SSSR count). The summed E-state index contributed by atoms with van der Waals surface area (Å²) >= 11 is 8.05. The van der Waals surface area contributed by atoms with E-state index in [1.54, 1.807) is 17.8 Å². The van der Waals surface area contributed by atoms with Crippen LogP contribution in [0.1, 0.15) is 34.7 Å². The molecule has 136 valence electrons. The molecule has 0 radical (unpaired) electrons. The van der Waals surface area contributed by atoms with Crippen LogP contribution in [0.5, 0.6) is 5.75 Å². The van der Waals surface area contributed by atoms with Gasteiger partial charge < -0.3 is 9.64 Å². The molecule has 2 aromatic carbocycles. The summed E-state index contributed by atoms with van der Waals surface area (Å²) in [6.45, 7) is 3.56. The number of hydrogen-bond acceptors (Lipinski definition) is 4. The van der Waals surface area contributed by atoms with Gasteiger partial charge in [-0.05, 0) is 30.5 Å². The number of carbonyl (C=O) groups is 1. The first kappa shape index (κ1) is 17.9. The van der Waals surface area contributed by atoms with Crippen molar-refractivity contribution in [1.29, 1.82) is 0 Å². The topological polar surface area (TPSA) is 29.5 Å². The first-order chi connectivity index (χ1) is 12.7. The standard InChI is InChI=1S/C21H22ClNO2S/c22-18-13-20-21(26-11-10-25-20)12-17(18)19(24)7-9-23-8-6-16(14-23)15-4-2-1-3-5-15/h1-5,12-13,16H,6-11,14H2. The molecular formula is C21H22ClNO2S. The third-order valence-corrected chi connectivity index (χ3v) is 6.44. The van der Waals surface area contributed by atoms with Crippen molar-refractivity contribution in [1.82, 2.24) is 4.90 Å². The smallest absolute Gasteiger partial charge is 0.165 e. The fraction of sp³-hybridized carbons (Fsp3) is 0.381. The maximum Gasteiger partial charge on any atom is 0.165 e. The monoisotopic (exact) mass is 387 g/mol. The SMILES string of the molecule is O=C(CCN1CCC(c2ccccc2)C1)c1cc2c(cc1Cl)OCCS2. The van der Waals surface area contributed by atoms with Gasteiger partial charge in [-0.15, -0.1) is 11.8 Å². The van der Waals surface area contributed by atoms with E-state index in [9.17, 15) is 4.79 Å². The van der Waals surface area contributed by atoms with E-state index in [4.69, 9.17) is 16.3 Å². The van der Waals surface area contributed by atoms with Gasteiger partial charge in [0.25, 0.3) is 0 Å². The minimum Gasteiger partial charge on any atom is -0.491 e. The zero-order chi connectivity index (χ0) is 17.9. The van der Waals surface area contributed by atoms with Crippen molar-refractivity contribution in [2.24, 2.45) is 0 Å². The lowest BCUT2D eigenvalue weighted by molar-refractivity contribution is 0.0968. The van der Waals surface area contributed by atoms with Gasteiger partial charge in [-0.25, -0.2) is 0 Å². The molecule has 3 nitrogen and oxygen atoms in total. The average molecular weight is 388 g/mol. The molecule has 0 N–H and O–H groups in total. The number of carbonyl (C=O) groups excluding carboxylic acids is 1. The molecule has 1 atom stereocenters. The number of benzene rings is 2. The van der Waals surface area contributed by atoms with Crippen LogP contribution in [-0.4, -0.2) is 42.7 Å². The first-order valence-electron chi connectivity index (χ1n) is 9.10. The Labute approximate surface area is 163 Å². The molecule has 0 saturated carbocycles. The number of rotatable bonds is 5. The van der Waals surface area contributed by atoms with E-state index in [1.807, 2.05) is 6.07 Å². The molecule has 2 heterocycles. The third-order valence-electron chi connectivity index (χ3n) is 5.13. The highest BCUT2D eigenvalue weighted by atomic mass is 35.5. The molecule has 0 aromatic heterocycles. The molecular weight excluding hydrogens is 366 g/mol. The Morgan fingerprint density at radius 3 is 2.96 bits per heavy atom. The van der Waals surface area contributed by atoms with Crippen molar-refractivity contribution < 1.29 is 9.53 Å². The molecule has 5 heteroatoms. The van der Waals surface area contributed by atoms with Crippen LogP contribution in [0.4, 0.5) is 0 Å². The van der Waals surface area contributed by atoms with Gasteiger partial charge in [0.05, 0.1) is 16.5 Å². The van der Waals surface area contributed by atoms with Crippen molar-refractivity contribution >= 4 is 29.1 Å². The lowest BCUT2D eigenvalue weighted by atomic mass is 9.99. The zero-order valence-corrected chi connectivity index (χ0v) is 16.2. The molecule has 0 spiro atoms. The highest BCUT2D eigenvalue weighted by molar-refractivity contribution is 7.99. The van der Waals surface area contributed by atoms with Crippen molar-refractivity contribution in [3.05, 3.63) is 58.6 Å². The highest BCUT2D eigenvalue weighted by Crippen LogP contribution is 2.37. The lowest BCUT2D eigenvalue weighted by Gasteiger charge is -2.19. The fourth-order valence-corrected chi connectivity index (χ4v) is 4.81. The number of ether oxygens (including phenoxy) is 1. The largest absolute Gasteiger partial charge is 0.491 e. The number of thioether (sulfide) groups is 1. The van der Waals surface area contributed by atoms with Crippen LogP contribution >= 0.6 is 23.4 Å². The molecule has 1 saturated heterocycles. The maximum absolute atomic E-state index is 12.7. The Balaban J connectivity index is 1.36. The molecule has 0 aliphatic carbocycles. The molecule has 26 heavy (non-hydrogen) atoms. The zero-order valence-electron chi connectivity index (χ0n) is 14.6. The Hall–Kier alpha value is -1.49. The predicted molar refractivity (Wildman–Crippen MR) is 107 cm³/mol. The summed E-state index contributed by atoms with van der Waals surface area (Å²) in [6.07, 6.45) is 1.66. The first-order valence-corrected chi connectivity index (χ1v) is 10.5. The molecule has 1 fully saturated rings. The third kappa shape index (κ3) is 3.93. The quantitative estimate of drug-likeness (QED) is 0.683. The summed E-state index contributed by atoms with van der Waals surface area (Å²) in [7, 11) is 0. The number of hydrogen-bond donors (Lipinski definition) is 0. The minimum absolute atomic E-state index is 0.118. The van der Waals surface area contributed by atoms with Gasteiger partial charge >= 0.3 is 0 Å². The van der Waals surface area contributed by atoms with Crippen LogP contribution in [0.25, 0.3) is 0 Å². The van der Waals surface area contributed by atoms with Gasteiger partial charge in [0.2, 0.25) is 0 Å². The van der Waals surface area contributed by atoms with Crippen LogP contribution in [-0.2, 0) is 0 Å². The predicted octanol–water partition coefficient (Wildman–Crippen LogP) is 4.89. The summed E-state index contributed by atoms with van der Waals surface area (Å²) < 4.78 is 5.61. The van der Waals surface area contributed by atoms with E-state index in [0.717, 1.165) is 42.5 Å². The van der Waals surface area contributed by atoms with Gasteiger partial charge in [0, 0.05) is 36.9 Å². The van der Waals surface area contributed by atoms with E-state index >= 15 is 0 Å². The highest BCUT2D eigenvalue weighted by Gasteiger charge is 2.25. The maximum atomic E-state index is 12.7. The van der Waals surface area contributed by atoms with Crippen molar-refractivity contribution in [2.75, 3.05) is 32.0 Å². The number of nitrogens with zero attached hydrogens (tertiary/aromatic N) is 1. The Morgan fingerprint density at radius 1 is 1.27 bits per heavy atom. The number of fused-ring (bicyclic) bond motifs is 1. The van der Waals surface area contributed by atoms with Gasteiger partial charge in [-0.1, -0.05) is 41.9 Å². The summed E-state index contributed by atoms with van der Waals surface area (Å²) in [5, 5.41) is 0.500.